The van der Waals surface area contributed by atoms with Crippen LogP contribution in [-0.4, -0.2) is 19.5 Å². The van der Waals surface area contributed by atoms with Crippen LogP contribution in [0.25, 0.3) is 0 Å². The van der Waals surface area contributed by atoms with Crippen LogP contribution >= 0.6 is 0 Å². The van der Waals surface area contributed by atoms with E-state index in [0.717, 1.165) is 25.7 Å². The van der Waals surface area contributed by atoms with Crippen LogP contribution in [0.3, 0.4) is 0 Å². The van der Waals surface area contributed by atoms with Gasteiger partial charge >= 0.3 is 0 Å². The predicted molar refractivity (Wildman–Crippen MR) is 89.4 cm³/mol. The summed E-state index contributed by atoms with van der Waals surface area (Å²) < 4.78 is 5.17. The molecule has 0 N–H and O–H groups in total. The van der Waals surface area contributed by atoms with Crippen molar-refractivity contribution in [2.75, 3.05) is 13.7 Å². The van der Waals surface area contributed by atoms with E-state index in [2.05, 4.69) is 26.0 Å². The standard InChI is InChI=1S/C19H32O2/c1-4-5-6-7-8-9-13-18(20)19-16(2)11-10-12-17(19)14-15-21-3/h11-12,19H,4-10,13-15H2,1-3H3. The third-order valence-corrected chi connectivity index (χ3v) is 4.34. The molecule has 0 fully saturated rings. The number of ether oxygens (including phenoxy) is 1. The molecule has 1 atom stereocenters. The first-order valence-corrected chi connectivity index (χ1v) is 8.58. The highest BCUT2D eigenvalue weighted by Gasteiger charge is 2.25. The molecule has 0 amide bonds. The monoisotopic (exact) mass is 292 g/mol. The van der Waals surface area contributed by atoms with Gasteiger partial charge in [0.05, 0.1) is 5.92 Å². The molecule has 21 heavy (non-hydrogen) atoms. The summed E-state index contributed by atoms with van der Waals surface area (Å²) in [6.07, 6.45) is 14.4. The molecule has 0 spiro atoms. The number of methoxy groups -OCH3 is 1. The summed E-state index contributed by atoms with van der Waals surface area (Å²) in [5.41, 5.74) is 2.51. The number of hydrogen-bond donors (Lipinski definition) is 0. The topological polar surface area (TPSA) is 26.3 Å². The molecule has 0 aromatic rings. The summed E-state index contributed by atoms with van der Waals surface area (Å²) in [4.78, 5) is 12.5. The highest BCUT2D eigenvalue weighted by Crippen LogP contribution is 2.30. The normalized spacial score (nSPS) is 18.3. The molecular formula is C19H32O2. The predicted octanol–water partition coefficient (Wildman–Crippen LogP) is 5.24. The van der Waals surface area contributed by atoms with Crippen molar-refractivity contribution < 1.29 is 9.53 Å². The zero-order chi connectivity index (χ0) is 15.5. The third-order valence-electron chi connectivity index (χ3n) is 4.34. The van der Waals surface area contributed by atoms with E-state index in [0.29, 0.717) is 12.4 Å². The quantitative estimate of drug-likeness (QED) is 0.385. The van der Waals surface area contributed by atoms with Gasteiger partial charge in [-0.2, -0.15) is 0 Å². The molecule has 2 nitrogen and oxygen atoms in total. The van der Waals surface area contributed by atoms with Gasteiger partial charge in [0, 0.05) is 20.1 Å². The average molecular weight is 292 g/mol. The van der Waals surface area contributed by atoms with Crippen LogP contribution in [0.2, 0.25) is 0 Å². The van der Waals surface area contributed by atoms with Gasteiger partial charge in [-0.1, -0.05) is 62.3 Å². The fraction of sp³-hybridized carbons (Fsp3) is 0.737. The van der Waals surface area contributed by atoms with E-state index in [-0.39, 0.29) is 5.92 Å². The van der Waals surface area contributed by atoms with Crippen molar-refractivity contribution in [1.29, 1.82) is 0 Å². The first-order chi connectivity index (χ1) is 10.2. The van der Waals surface area contributed by atoms with Crippen LogP contribution < -0.4 is 0 Å². The Balaban J connectivity index is 2.40. The summed E-state index contributed by atoms with van der Waals surface area (Å²) in [6.45, 7) is 5.04. The van der Waals surface area contributed by atoms with E-state index >= 15 is 0 Å². The Morgan fingerprint density at radius 2 is 1.90 bits per heavy atom. The molecule has 0 aromatic heterocycles. The molecule has 0 aliphatic heterocycles. The fourth-order valence-corrected chi connectivity index (χ4v) is 3.08. The van der Waals surface area contributed by atoms with Crippen LogP contribution in [0, 0.1) is 5.92 Å². The number of unbranched alkanes of at least 4 members (excludes halogenated alkanes) is 5. The van der Waals surface area contributed by atoms with E-state index in [9.17, 15) is 4.79 Å². The Labute approximate surface area is 130 Å². The Morgan fingerprint density at radius 3 is 2.62 bits per heavy atom. The maximum Gasteiger partial charge on any atom is 0.144 e. The average Bonchev–Trinajstić information content (AvgIpc) is 2.48. The van der Waals surface area contributed by atoms with Gasteiger partial charge in [0.25, 0.3) is 0 Å². The van der Waals surface area contributed by atoms with Crippen molar-refractivity contribution in [2.24, 2.45) is 5.92 Å². The number of rotatable bonds is 11. The number of Topliss-reactive ketones (excluding diaryl/α,β-unsaturated/α-hetero) is 1. The Morgan fingerprint density at radius 1 is 1.19 bits per heavy atom. The molecule has 2 heteroatoms. The molecule has 120 valence electrons. The lowest BCUT2D eigenvalue weighted by Crippen LogP contribution is -2.21. The summed E-state index contributed by atoms with van der Waals surface area (Å²) in [6, 6.07) is 0. The first-order valence-electron chi connectivity index (χ1n) is 8.58. The molecule has 0 saturated heterocycles. The highest BCUT2D eigenvalue weighted by molar-refractivity contribution is 5.86. The van der Waals surface area contributed by atoms with E-state index in [1.807, 2.05) is 0 Å². The Kier molecular flexibility index (Phi) is 9.32. The minimum absolute atomic E-state index is 0.0320. The molecule has 0 saturated carbocycles. The highest BCUT2D eigenvalue weighted by atomic mass is 16.5. The SMILES string of the molecule is CCCCCCCCC(=O)C1C(C)=CCC=C1CCOC. The lowest BCUT2D eigenvalue weighted by Gasteiger charge is -2.23. The number of carbonyl (C=O) groups is 1. The Hall–Kier alpha value is -0.890. The first kappa shape index (κ1) is 18.2. The molecule has 0 bridgehead atoms. The van der Waals surface area contributed by atoms with Crippen molar-refractivity contribution in [3.05, 3.63) is 23.3 Å². The third kappa shape index (κ3) is 6.60. The van der Waals surface area contributed by atoms with E-state index < -0.39 is 0 Å². The van der Waals surface area contributed by atoms with Crippen LogP contribution in [-0.2, 0) is 9.53 Å². The number of ketones is 1. The largest absolute Gasteiger partial charge is 0.384 e. The van der Waals surface area contributed by atoms with Gasteiger partial charge in [-0.25, -0.2) is 0 Å². The molecule has 0 aromatic carbocycles. The molecule has 0 radical (unpaired) electrons. The molecule has 1 aliphatic carbocycles. The van der Waals surface area contributed by atoms with Crippen LogP contribution in [0.15, 0.2) is 23.3 Å². The van der Waals surface area contributed by atoms with Gasteiger partial charge in [-0.3, -0.25) is 4.79 Å². The van der Waals surface area contributed by atoms with Gasteiger partial charge in [-0.15, -0.1) is 0 Å². The van der Waals surface area contributed by atoms with Gasteiger partial charge in [0.1, 0.15) is 5.78 Å². The van der Waals surface area contributed by atoms with Crippen molar-refractivity contribution in [3.63, 3.8) is 0 Å². The zero-order valence-electron chi connectivity index (χ0n) is 14.1. The second-order valence-electron chi connectivity index (χ2n) is 6.12. The molecule has 1 unspecified atom stereocenters. The minimum atomic E-state index is 0.0320. The minimum Gasteiger partial charge on any atom is -0.384 e. The van der Waals surface area contributed by atoms with Gasteiger partial charge in [-0.05, 0) is 26.2 Å². The second-order valence-corrected chi connectivity index (χ2v) is 6.12. The summed E-state index contributed by atoms with van der Waals surface area (Å²) >= 11 is 0. The van der Waals surface area contributed by atoms with E-state index in [1.165, 1.54) is 43.3 Å². The van der Waals surface area contributed by atoms with Crippen LogP contribution in [0.4, 0.5) is 0 Å². The van der Waals surface area contributed by atoms with Gasteiger partial charge in [0.2, 0.25) is 0 Å². The second kappa shape index (κ2) is 10.8. The number of hydrogen-bond acceptors (Lipinski definition) is 2. The molecule has 1 rings (SSSR count). The maximum atomic E-state index is 12.5. The molecule has 1 aliphatic rings. The summed E-state index contributed by atoms with van der Waals surface area (Å²) in [5.74, 6) is 0.436. The van der Waals surface area contributed by atoms with Crippen LogP contribution in [0.5, 0.6) is 0 Å². The Bertz CT molecular complexity index is 366. The fourth-order valence-electron chi connectivity index (χ4n) is 3.08. The van der Waals surface area contributed by atoms with E-state index in [1.54, 1.807) is 7.11 Å². The van der Waals surface area contributed by atoms with E-state index in [4.69, 9.17) is 4.74 Å². The number of carbonyl (C=O) groups excluding carboxylic acids is 1. The maximum absolute atomic E-state index is 12.5. The lowest BCUT2D eigenvalue weighted by atomic mass is 9.81. The van der Waals surface area contributed by atoms with Gasteiger partial charge < -0.3 is 4.74 Å². The summed E-state index contributed by atoms with van der Waals surface area (Å²) in [7, 11) is 1.72. The zero-order valence-corrected chi connectivity index (χ0v) is 14.1. The van der Waals surface area contributed by atoms with Crippen molar-refractivity contribution in [2.45, 2.75) is 71.6 Å². The van der Waals surface area contributed by atoms with Crippen molar-refractivity contribution >= 4 is 5.78 Å². The smallest absolute Gasteiger partial charge is 0.144 e. The van der Waals surface area contributed by atoms with Gasteiger partial charge in [0.15, 0.2) is 0 Å². The lowest BCUT2D eigenvalue weighted by molar-refractivity contribution is -0.121. The van der Waals surface area contributed by atoms with Crippen molar-refractivity contribution in [1.82, 2.24) is 0 Å². The number of allylic oxidation sites excluding steroid dienone is 3. The molecular weight excluding hydrogens is 260 g/mol. The molecule has 0 heterocycles. The van der Waals surface area contributed by atoms with Crippen molar-refractivity contribution in [3.8, 4) is 0 Å². The van der Waals surface area contributed by atoms with Crippen LogP contribution in [0.1, 0.15) is 71.6 Å². The summed E-state index contributed by atoms with van der Waals surface area (Å²) in [5, 5.41) is 0.